The molecule has 2 amide bonds. The molecule has 2 aromatic rings. The second-order valence-electron chi connectivity index (χ2n) is 6.57. The molecule has 1 aliphatic rings. The molecule has 140 valence electrons. The molecule has 3 rings (SSSR count). The van der Waals surface area contributed by atoms with Gasteiger partial charge in [-0.3, -0.25) is 14.3 Å². The molecule has 0 aliphatic heterocycles. The lowest BCUT2D eigenvalue weighted by Gasteiger charge is -2.11. The molecule has 0 bridgehead atoms. The van der Waals surface area contributed by atoms with Gasteiger partial charge in [0.25, 0.3) is 0 Å². The Bertz CT molecular complexity index is 831. The predicted molar refractivity (Wildman–Crippen MR) is 101 cm³/mol. The van der Waals surface area contributed by atoms with Crippen LogP contribution in [0.3, 0.4) is 0 Å². The first kappa shape index (κ1) is 18.5. The lowest BCUT2D eigenvalue weighted by Crippen LogP contribution is -2.35. The molecule has 0 radical (unpaired) electrons. The van der Waals surface area contributed by atoms with Gasteiger partial charge in [0.1, 0.15) is 6.54 Å². The number of rotatable bonds is 7. The summed E-state index contributed by atoms with van der Waals surface area (Å²) in [6.07, 6.45) is 7.56. The molecule has 3 N–H and O–H groups in total. The van der Waals surface area contributed by atoms with E-state index in [0.29, 0.717) is 11.3 Å². The molecule has 0 unspecified atom stereocenters. The van der Waals surface area contributed by atoms with Gasteiger partial charge in [0.05, 0.1) is 30.1 Å². The van der Waals surface area contributed by atoms with Gasteiger partial charge < -0.3 is 16.0 Å². The van der Waals surface area contributed by atoms with Gasteiger partial charge in [0.15, 0.2) is 0 Å². The van der Waals surface area contributed by atoms with Crippen LogP contribution in [0.25, 0.3) is 0 Å². The van der Waals surface area contributed by atoms with Crippen LogP contribution in [0, 0.1) is 11.3 Å². The molecule has 27 heavy (non-hydrogen) atoms. The SMILES string of the molecule is N#Cc1ccc(NCC(=O)Nc2cnn(CC(=O)NC3CCCC3)c2)cc1. The fourth-order valence-corrected chi connectivity index (χ4v) is 3.06. The Morgan fingerprint density at radius 3 is 2.59 bits per heavy atom. The topological polar surface area (TPSA) is 112 Å². The maximum absolute atomic E-state index is 12.0. The van der Waals surface area contributed by atoms with Gasteiger partial charge in [0, 0.05) is 17.9 Å². The van der Waals surface area contributed by atoms with E-state index in [2.05, 4.69) is 21.0 Å². The first-order valence-electron chi connectivity index (χ1n) is 8.98. The normalized spacial score (nSPS) is 13.7. The van der Waals surface area contributed by atoms with Crippen LogP contribution in [0.5, 0.6) is 0 Å². The standard InChI is InChI=1S/C19H22N6O2/c20-9-14-5-7-15(8-6-14)21-11-18(26)24-17-10-22-25(12-17)13-19(27)23-16-3-1-2-4-16/h5-8,10,12,16,21H,1-4,11,13H2,(H,23,27)(H,24,26). The summed E-state index contributed by atoms with van der Waals surface area (Å²) in [4.78, 5) is 24.0. The van der Waals surface area contributed by atoms with Crippen molar-refractivity contribution in [2.45, 2.75) is 38.3 Å². The summed E-state index contributed by atoms with van der Waals surface area (Å²) in [7, 11) is 0. The van der Waals surface area contributed by atoms with E-state index in [4.69, 9.17) is 5.26 Å². The number of hydrogen-bond acceptors (Lipinski definition) is 5. The average molecular weight is 366 g/mol. The fourth-order valence-electron chi connectivity index (χ4n) is 3.06. The summed E-state index contributed by atoms with van der Waals surface area (Å²) >= 11 is 0. The van der Waals surface area contributed by atoms with Gasteiger partial charge in [-0.1, -0.05) is 12.8 Å². The molecular formula is C19H22N6O2. The van der Waals surface area contributed by atoms with Crippen LogP contribution in [-0.2, 0) is 16.1 Å². The molecule has 1 saturated carbocycles. The van der Waals surface area contributed by atoms with E-state index in [1.165, 1.54) is 23.7 Å². The number of carbonyl (C=O) groups excluding carboxylic acids is 2. The molecule has 8 nitrogen and oxygen atoms in total. The van der Waals surface area contributed by atoms with E-state index in [0.717, 1.165) is 18.5 Å². The predicted octanol–water partition coefficient (Wildman–Crippen LogP) is 1.86. The molecule has 0 atom stereocenters. The average Bonchev–Trinajstić information content (AvgIpc) is 3.32. The van der Waals surface area contributed by atoms with Crippen molar-refractivity contribution in [2.24, 2.45) is 0 Å². The van der Waals surface area contributed by atoms with Gasteiger partial charge in [0.2, 0.25) is 11.8 Å². The van der Waals surface area contributed by atoms with Crippen LogP contribution in [0.2, 0.25) is 0 Å². The third-order valence-corrected chi connectivity index (χ3v) is 4.41. The van der Waals surface area contributed by atoms with Gasteiger partial charge in [-0.05, 0) is 37.1 Å². The van der Waals surface area contributed by atoms with Gasteiger partial charge in [-0.25, -0.2) is 0 Å². The third-order valence-electron chi connectivity index (χ3n) is 4.41. The molecule has 1 aromatic heterocycles. The number of anilines is 2. The van der Waals surface area contributed by atoms with E-state index in [-0.39, 0.29) is 30.9 Å². The highest BCUT2D eigenvalue weighted by Crippen LogP contribution is 2.17. The van der Waals surface area contributed by atoms with Crippen LogP contribution < -0.4 is 16.0 Å². The van der Waals surface area contributed by atoms with Gasteiger partial charge in [-0.15, -0.1) is 0 Å². The number of aromatic nitrogens is 2. The number of hydrogen-bond donors (Lipinski definition) is 3. The molecule has 1 heterocycles. The third kappa shape index (κ3) is 5.57. The van der Waals surface area contributed by atoms with Crippen LogP contribution in [0.1, 0.15) is 31.2 Å². The lowest BCUT2D eigenvalue weighted by molar-refractivity contribution is -0.122. The van der Waals surface area contributed by atoms with Crippen LogP contribution in [0.15, 0.2) is 36.7 Å². The van der Waals surface area contributed by atoms with E-state index in [1.807, 2.05) is 6.07 Å². The fraction of sp³-hybridized carbons (Fsp3) is 0.368. The Kier molecular flexibility index (Phi) is 6.05. The minimum absolute atomic E-state index is 0.0645. The highest BCUT2D eigenvalue weighted by atomic mass is 16.2. The van der Waals surface area contributed by atoms with Crippen molar-refractivity contribution in [3.8, 4) is 6.07 Å². The monoisotopic (exact) mass is 366 g/mol. The smallest absolute Gasteiger partial charge is 0.243 e. The van der Waals surface area contributed by atoms with Crippen molar-refractivity contribution >= 4 is 23.2 Å². The van der Waals surface area contributed by atoms with Crippen molar-refractivity contribution in [3.63, 3.8) is 0 Å². The largest absolute Gasteiger partial charge is 0.376 e. The summed E-state index contributed by atoms with van der Waals surface area (Å²) in [6.45, 7) is 0.217. The molecule has 1 aliphatic carbocycles. The zero-order valence-electron chi connectivity index (χ0n) is 14.9. The number of carbonyl (C=O) groups is 2. The van der Waals surface area contributed by atoms with Crippen molar-refractivity contribution in [1.82, 2.24) is 15.1 Å². The Labute approximate surface area is 157 Å². The molecule has 0 spiro atoms. The highest BCUT2D eigenvalue weighted by molar-refractivity contribution is 5.93. The molecule has 1 aromatic carbocycles. The summed E-state index contributed by atoms with van der Waals surface area (Å²) in [5, 5.41) is 21.6. The molecule has 1 fully saturated rings. The van der Waals surface area contributed by atoms with E-state index < -0.39 is 0 Å². The first-order chi connectivity index (χ1) is 13.1. The number of nitrogens with zero attached hydrogens (tertiary/aromatic N) is 3. The number of benzene rings is 1. The lowest BCUT2D eigenvalue weighted by atomic mass is 10.2. The van der Waals surface area contributed by atoms with Crippen molar-refractivity contribution < 1.29 is 9.59 Å². The Balaban J connectivity index is 1.43. The number of nitriles is 1. The van der Waals surface area contributed by atoms with Crippen LogP contribution in [-0.4, -0.2) is 34.2 Å². The van der Waals surface area contributed by atoms with Gasteiger partial charge in [-0.2, -0.15) is 10.4 Å². The second kappa shape index (κ2) is 8.85. The van der Waals surface area contributed by atoms with E-state index >= 15 is 0 Å². The van der Waals surface area contributed by atoms with Gasteiger partial charge >= 0.3 is 0 Å². The zero-order chi connectivity index (χ0) is 19.1. The van der Waals surface area contributed by atoms with Crippen molar-refractivity contribution in [1.29, 1.82) is 5.26 Å². The van der Waals surface area contributed by atoms with Crippen molar-refractivity contribution in [3.05, 3.63) is 42.2 Å². The van der Waals surface area contributed by atoms with E-state index in [1.54, 1.807) is 30.5 Å². The van der Waals surface area contributed by atoms with Crippen LogP contribution in [0.4, 0.5) is 11.4 Å². The second-order valence-corrected chi connectivity index (χ2v) is 6.57. The summed E-state index contributed by atoms with van der Waals surface area (Å²) in [6, 6.07) is 9.17. The zero-order valence-corrected chi connectivity index (χ0v) is 14.9. The Hall–Kier alpha value is -3.34. The number of amides is 2. The Morgan fingerprint density at radius 2 is 1.89 bits per heavy atom. The molecular weight excluding hydrogens is 344 g/mol. The Morgan fingerprint density at radius 1 is 1.15 bits per heavy atom. The highest BCUT2D eigenvalue weighted by Gasteiger charge is 2.17. The molecule has 8 heteroatoms. The minimum Gasteiger partial charge on any atom is -0.376 e. The minimum atomic E-state index is -0.227. The molecule has 0 saturated heterocycles. The summed E-state index contributed by atoms with van der Waals surface area (Å²) < 4.78 is 1.51. The maximum Gasteiger partial charge on any atom is 0.243 e. The first-order valence-corrected chi connectivity index (χ1v) is 8.98. The summed E-state index contributed by atoms with van der Waals surface area (Å²) in [5.74, 6) is -0.292. The number of nitrogens with one attached hydrogen (secondary N) is 3. The summed E-state index contributed by atoms with van der Waals surface area (Å²) in [5.41, 5.74) is 1.85. The van der Waals surface area contributed by atoms with Crippen LogP contribution >= 0.6 is 0 Å². The maximum atomic E-state index is 12.0. The van der Waals surface area contributed by atoms with Crippen molar-refractivity contribution in [2.75, 3.05) is 17.2 Å². The quantitative estimate of drug-likeness (QED) is 0.692. The van der Waals surface area contributed by atoms with E-state index in [9.17, 15) is 9.59 Å².